The minimum absolute atomic E-state index is 0.117. The lowest BCUT2D eigenvalue weighted by atomic mass is 9.83. The van der Waals surface area contributed by atoms with E-state index >= 15 is 0 Å². The number of aromatic nitrogens is 1. The molecule has 5 rings (SSSR count). The molecule has 0 unspecified atom stereocenters. The van der Waals surface area contributed by atoms with Crippen LogP contribution >= 0.6 is 0 Å². The Labute approximate surface area is 188 Å². The van der Waals surface area contributed by atoms with Crippen LogP contribution in [0.15, 0.2) is 73.1 Å². The molecule has 5 heteroatoms. The molecule has 2 aliphatic rings. The van der Waals surface area contributed by atoms with Crippen molar-refractivity contribution in [1.82, 2.24) is 14.8 Å². The molecule has 0 amide bonds. The lowest BCUT2D eigenvalue weighted by molar-refractivity contribution is 0.0278. The van der Waals surface area contributed by atoms with Crippen molar-refractivity contribution >= 4 is 11.6 Å². The lowest BCUT2D eigenvalue weighted by Gasteiger charge is -2.44. The maximum absolute atomic E-state index is 13.8. The molecule has 2 heterocycles. The van der Waals surface area contributed by atoms with E-state index in [1.54, 1.807) is 24.5 Å². The smallest absolute Gasteiger partial charge is 0.196 e. The van der Waals surface area contributed by atoms with Gasteiger partial charge < -0.3 is 0 Å². The molecular weight excluding hydrogens is 398 g/mol. The Morgan fingerprint density at radius 1 is 0.781 bits per heavy atom. The Balaban J connectivity index is 1.44. The molecular formula is C27H27N3O2. The molecule has 5 nitrogen and oxygen atoms in total. The Morgan fingerprint density at radius 3 is 1.94 bits per heavy atom. The number of carbonyl (C=O) groups excluding carboxylic acids is 2. The van der Waals surface area contributed by atoms with Crippen molar-refractivity contribution in [3.05, 3.63) is 101 Å². The first-order valence-electron chi connectivity index (χ1n) is 11.3. The van der Waals surface area contributed by atoms with Gasteiger partial charge in [0.2, 0.25) is 0 Å². The normalized spacial score (nSPS) is 18.7. The molecule has 1 aliphatic carbocycles. The van der Waals surface area contributed by atoms with Gasteiger partial charge in [0.1, 0.15) is 0 Å². The number of aryl methyl sites for hydroxylation is 1. The summed E-state index contributed by atoms with van der Waals surface area (Å²) in [5, 5.41) is 0. The monoisotopic (exact) mass is 425 g/mol. The maximum atomic E-state index is 13.8. The average Bonchev–Trinajstić information content (AvgIpc) is 3.08. The van der Waals surface area contributed by atoms with Crippen LogP contribution in [0, 0.1) is 0 Å². The number of nitrogens with zero attached hydrogens (tertiary/aromatic N) is 3. The molecule has 0 bridgehead atoms. The summed E-state index contributed by atoms with van der Waals surface area (Å²) in [5.41, 5.74) is 3.19. The molecule has 0 atom stereocenters. The lowest BCUT2D eigenvalue weighted by Crippen LogP contribution is -2.60. The van der Waals surface area contributed by atoms with Gasteiger partial charge in [0.05, 0.1) is 0 Å². The molecule has 1 saturated heterocycles. The average molecular weight is 426 g/mol. The van der Waals surface area contributed by atoms with Gasteiger partial charge >= 0.3 is 0 Å². The number of Topliss-reactive ketones (excluding diaryl/α,β-unsaturated/α-hetero) is 2. The minimum atomic E-state index is -1.29. The quantitative estimate of drug-likeness (QED) is 0.583. The van der Waals surface area contributed by atoms with Gasteiger partial charge in [0, 0.05) is 56.2 Å². The van der Waals surface area contributed by atoms with Crippen LogP contribution < -0.4 is 0 Å². The predicted molar refractivity (Wildman–Crippen MR) is 124 cm³/mol. The van der Waals surface area contributed by atoms with Crippen molar-refractivity contribution < 1.29 is 9.59 Å². The van der Waals surface area contributed by atoms with Gasteiger partial charge in [-0.3, -0.25) is 24.4 Å². The molecule has 0 radical (unpaired) electrons. The van der Waals surface area contributed by atoms with Gasteiger partial charge in [-0.05, 0) is 35.2 Å². The molecule has 162 valence electrons. The molecule has 32 heavy (non-hydrogen) atoms. The van der Waals surface area contributed by atoms with Crippen molar-refractivity contribution in [3.8, 4) is 0 Å². The number of hydrogen-bond acceptors (Lipinski definition) is 5. The van der Waals surface area contributed by atoms with Crippen LogP contribution in [-0.4, -0.2) is 52.5 Å². The third-order valence-corrected chi connectivity index (χ3v) is 6.91. The summed E-state index contributed by atoms with van der Waals surface area (Å²) in [6, 6.07) is 19.4. The molecule has 3 aromatic rings. The number of ketones is 2. The maximum Gasteiger partial charge on any atom is 0.196 e. The summed E-state index contributed by atoms with van der Waals surface area (Å²) >= 11 is 0. The van der Waals surface area contributed by atoms with Gasteiger partial charge in [0.15, 0.2) is 17.1 Å². The van der Waals surface area contributed by atoms with Crippen molar-refractivity contribution in [2.45, 2.75) is 25.4 Å². The summed E-state index contributed by atoms with van der Waals surface area (Å²) in [7, 11) is 0. The number of rotatable bonds is 5. The second kappa shape index (κ2) is 8.41. The summed E-state index contributed by atoms with van der Waals surface area (Å²) in [5.74, 6) is -0.233. The molecule has 1 fully saturated rings. The zero-order valence-corrected chi connectivity index (χ0v) is 18.3. The minimum Gasteiger partial charge on any atom is -0.297 e. The van der Waals surface area contributed by atoms with E-state index in [4.69, 9.17) is 0 Å². The highest BCUT2D eigenvalue weighted by atomic mass is 16.2. The van der Waals surface area contributed by atoms with Gasteiger partial charge in [-0.2, -0.15) is 0 Å². The van der Waals surface area contributed by atoms with Gasteiger partial charge in [-0.15, -0.1) is 0 Å². The molecule has 1 aromatic heterocycles. The topological polar surface area (TPSA) is 53.5 Å². The van der Waals surface area contributed by atoms with Crippen LogP contribution in [0.2, 0.25) is 0 Å². The molecule has 0 spiro atoms. The van der Waals surface area contributed by atoms with Crippen molar-refractivity contribution in [1.29, 1.82) is 0 Å². The molecule has 0 N–H and O–H groups in total. The number of hydrogen-bond donors (Lipinski definition) is 0. The van der Waals surface area contributed by atoms with E-state index < -0.39 is 5.54 Å². The second-order valence-electron chi connectivity index (χ2n) is 8.54. The van der Waals surface area contributed by atoms with Crippen molar-refractivity contribution in [2.24, 2.45) is 0 Å². The largest absolute Gasteiger partial charge is 0.297 e. The third kappa shape index (κ3) is 3.20. The SMILES string of the molecule is CCc1ccccc1CN1CCN(C2(c3ccncc3)C(=O)c3ccccc3C2=O)CC1. The fourth-order valence-electron chi connectivity index (χ4n) is 5.24. The van der Waals surface area contributed by atoms with Gasteiger partial charge in [0.25, 0.3) is 0 Å². The highest BCUT2D eigenvalue weighted by Crippen LogP contribution is 2.42. The fourth-order valence-corrected chi connectivity index (χ4v) is 5.24. The first-order chi connectivity index (χ1) is 15.7. The van der Waals surface area contributed by atoms with E-state index in [2.05, 4.69) is 46.0 Å². The van der Waals surface area contributed by atoms with Crippen LogP contribution in [-0.2, 0) is 18.5 Å². The Hall–Kier alpha value is -3.15. The van der Waals surface area contributed by atoms with Crippen LogP contribution in [0.1, 0.15) is 44.3 Å². The highest BCUT2D eigenvalue weighted by Gasteiger charge is 2.58. The zero-order valence-electron chi connectivity index (χ0n) is 18.3. The van der Waals surface area contributed by atoms with Crippen molar-refractivity contribution in [3.63, 3.8) is 0 Å². The van der Waals surface area contributed by atoms with Crippen molar-refractivity contribution in [2.75, 3.05) is 26.2 Å². The first kappa shape index (κ1) is 20.7. The molecule has 1 aliphatic heterocycles. The number of piperazine rings is 1. The molecule has 0 saturated carbocycles. The van der Waals surface area contributed by atoms with E-state index in [0.717, 1.165) is 26.1 Å². The number of carbonyl (C=O) groups is 2. The number of fused-ring (bicyclic) bond motifs is 1. The Morgan fingerprint density at radius 2 is 1.34 bits per heavy atom. The fraction of sp³-hybridized carbons (Fsp3) is 0.296. The summed E-state index contributed by atoms with van der Waals surface area (Å²) in [6.45, 7) is 6.00. The Bertz CT molecular complexity index is 1120. The predicted octanol–water partition coefficient (Wildman–Crippen LogP) is 3.74. The van der Waals surface area contributed by atoms with Crippen LogP contribution in [0.25, 0.3) is 0 Å². The van der Waals surface area contributed by atoms with Gasteiger partial charge in [-0.25, -0.2) is 0 Å². The van der Waals surface area contributed by atoms with E-state index in [-0.39, 0.29) is 11.6 Å². The summed E-state index contributed by atoms with van der Waals surface area (Å²) in [4.78, 5) is 36.2. The zero-order chi connectivity index (χ0) is 22.1. The third-order valence-electron chi connectivity index (χ3n) is 6.91. The second-order valence-corrected chi connectivity index (χ2v) is 8.54. The first-order valence-corrected chi connectivity index (χ1v) is 11.3. The van der Waals surface area contributed by atoms with Crippen LogP contribution in [0.5, 0.6) is 0 Å². The van der Waals surface area contributed by atoms with E-state index in [1.807, 2.05) is 24.3 Å². The number of pyridine rings is 1. The van der Waals surface area contributed by atoms with E-state index in [1.165, 1.54) is 11.1 Å². The van der Waals surface area contributed by atoms with Crippen LogP contribution in [0.3, 0.4) is 0 Å². The molecule has 2 aromatic carbocycles. The number of benzene rings is 2. The van der Waals surface area contributed by atoms with Crippen LogP contribution in [0.4, 0.5) is 0 Å². The Kier molecular flexibility index (Phi) is 5.45. The summed E-state index contributed by atoms with van der Waals surface area (Å²) < 4.78 is 0. The van der Waals surface area contributed by atoms with E-state index in [9.17, 15) is 9.59 Å². The van der Waals surface area contributed by atoms with E-state index in [0.29, 0.717) is 29.8 Å². The highest BCUT2D eigenvalue weighted by molar-refractivity contribution is 6.32. The summed E-state index contributed by atoms with van der Waals surface area (Å²) in [6.07, 6.45) is 4.35. The standard InChI is InChI=1S/C27H27N3O2/c1-2-20-7-3-4-8-21(20)19-29-15-17-30(18-16-29)27(22-11-13-28-14-12-22)25(31)23-9-5-6-10-24(23)26(27)32/h3-14H,2,15-19H2,1H3. The van der Waals surface area contributed by atoms with Gasteiger partial charge in [-0.1, -0.05) is 55.5 Å².